The molecule has 0 aliphatic heterocycles. The monoisotopic (exact) mass is 296 g/mol. The van der Waals surface area contributed by atoms with Gasteiger partial charge >= 0.3 is 0 Å². The fourth-order valence-electron chi connectivity index (χ4n) is 2.68. The van der Waals surface area contributed by atoms with Crippen molar-refractivity contribution in [2.75, 3.05) is 0 Å². The Bertz CT molecular complexity index is 774. The van der Waals surface area contributed by atoms with Crippen LogP contribution >= 0.6 is 11.6 Å². The van der Waals surface area contributed by atoms with Crippen LogP contribution in [0, 0.1) is 6.92 Å². The van der Waals surface area contributed by atoms with Gasteiger partial charge in [0.1, 0.15) is 0 Å². The molecule has 1 atom stereocenters. The Kier molecular flexibility index (Phi) is 3.96. The Morgan fingerprint density at radius 1 is 1.00 bits per heavy atom. The summed E-state index contributed by atoms with van der Waals surface area (Å²) in [5, 5.41) is 13.6. The first-order valence-corrected chi connectivity index (χ1v) is 7.44. The maximum absolute atomic E-state index is 10.6. The van der Waals surface area contributed by atoms with E-state index in [1.165, 1.54) is 0 Å². The van der Waals surface area contributed by atoms with Gasteiger partial charge in [0.15, 0.2) is 0 Å². The van der Waals surface area contributed by atoms with Gasteiger partial charge in [-0.1, -0.05) is 66.2 Å². The van der Waals surface area contributed by atoms with E-state index in [1.807, 2.05) is 55.5 Å². The van der Waals surface area contributed by atoms with Crippen LogP contribution in [0.5, 0.6) is 0 Å². The maximum Gasteiger partial charge on any atom is 0.0836 e. The first kappa shape index (κ1) is 14.1. The highest BCUT2D eigenvalue weighted by molar-refractivity contribution is 6.31. The van der Waals surface area contributed by atoms with Crippen molar-refractivity contribution in [3.63, 3.8) is 0 Å². The van der Waals surface area contributed by atoms with E-state index < -0.39 is 6.10 Å². The zero-order valence-corrected chi connectivity index (χ0v) is 12.6. The van der Waals surface area contributed by atoms with Crippen molar-refractivity contribution in [1.29, 1.82) is 0 Å². The van der Waals surface area contributed by atoms with Crippen LogP contribution in [0.2, 0.25) is 5.02 Å². The van der Waals surface area contributed by atoms with E-state index in [0.29, 0.717) is 11.4 Å². The lowest BCUT2D eigenvalue weighted by Crippen LogP contribution is -2.03. The summed E-state index contributed by atoms with van der Waals surface area (Å²) >= 11 is 6.27. The van der Waals surface area contributed by atoms with Crippen LogP contribution in [0.15, 0.2) is 60.7 Å². The molecule has 0 spiro atoms. The van der Waals surface area contributed by atoms with Crippen LogP contribution < -0.4 is 0 Å². The fraction of sp³-hybridized carbons (Fsp3) is 0.158. The highest BCUT2D eigenvalue weighted by Gasteiger charge is 2.13. The minimum Gasteiger partial charge on any atom is -0.388 e. The number of aliphatic hydroxyl groups excluding tert-OH is 1. The molecule has 0 aromatic heterocycles. The number of hydrogen-bond donors (Lipinski definition) is 1. The van der Waals surface area contributed by atoms with E-state index in [9.17, 15) is 5.11 Å². The molecule has 0 saturated carbocycles. The number of fused-ring (bicyclic) bond motifs is 1. The van der Waals surface area contributed by atoms with Crippen LogP contribution in [-0.2, 0) is 6.42 Å². The summed E-state index contributed by atoms with van der Waals surface area (Å²) in [7, 11) is 0. The van der Waals surface area contributed by atoms with Gasteiger partial charge in [0.2, 0.25) is 0 Å². The van der Waals surface area contributed by atoms with Crippen LogP contribution in [0.25, 0.3) is 10.8 Å². The van der Waals surface area contributed by atoms with Crippen molar-refractivity contribution in [3.05, 3.63) is 82.4 Å². The van der Waals surface area contributed by atoms with Gasteiger partial charge in [0.05, 0.1) is 6.10 Å². The predicted molar refractivity (Wildman–Crippen MR) is 88.8 cm³/mol. The van der Waals surface area contributed by atoms with Gasteiger partial charge in [0, 0.05) is 11.4 Å². The predicted octanol–water partition coefficient (Wildman–Crippen LogP) is 5.08. The molecule has 1 unspecified atom stereocenters. The van der Waals surface area contributed by atoms with Crippen LogP contribution in [0.3, 0.4) is 0 Å². The molecule has 1 nitrogen and oxygen atoms in total. The van der Waals surface area contributed by atoms with Gasteiger partial charge < -0.3 is 5.11 Å². The van der Waals surface area contributed by atoms with E-state index in [4.69, 9.17) is 11.6 Å². The molecule has 0 aliphatic rings. The summed E-state index contributed by atoms with van der Waals surface area (Å²) in [6.07, 6.45) is -0.0380. The summed E-state index contributed by atoms with van der Waals surface area (Å²) < 4.78 is 0. The Labute approximate surface area is 129 Å². The average Bonchev–Trinajstić information content (AvgIpc) is 2.49. The van der Waals surface area contributed by atoms with Gasteiger partial charge in [0.25, 0.3) is 0 Å². The molecular formula is C19H17ClO. The first-order chi connectivity index (χ1) is 10.1. The van der Waals surface area contributed by atoms with Crippen LogP contribution in [-0.4, -0.2) is 5.11 Å². The molecule has 1 N–H and O–H groups in total. The second kappa shape index (κ2) is 5.88. The lowest BCUT2D eigenvalue weighted by molar-refractivity contribution is 0.180. The molecule has 3 aromatic rings. The summed E-state index contributed by atoms with van der Waals surface area (Å²) in [6, 6.07) is 20.1. The number of aryl methyl sites for hydroxylation is 1. The number of rotatable bonds is 3. The molecule has 0 amide bonds. The standard InChI is InChI=1S/C19H17ClO/c1-13-9-10-15(18(20)11-13)12-19(21)17-8-4-6-14-5-2-3-7-16(14)17/h2-11,19,21H,12H2,1H3. The van der Waals surface area contributed by atoms with Crippen molar-refractivity contribution in [2.45, 2.75) is 19.4 Å². The van der Waals surface area contributed by atoms with Crippen molar-refractivity contribution >= 4 is 22.4 Å². The third kappa shape index (κ3) is 2.94. The molecule has 0 heterocycles. The first-order valence-electron chi connectivity index (χ1n) is 7.06. The molecule has 3 rings (SSSR count). The highest BCUT2D eigenvalue weighted by Crippen LogP contribution is 2.29. The van der Waals surface area contributed by atoms with Gasteiger partial charge in [-0.05, 0) is 40.5 Å². The Hall–Kier alpha value is -1.83. The van der Waals surface area contributed by atoms with Crippen molar-refractivity contribution in [2.24, 2.45) is 0 Å². The molecule has 0 radical (unpaired) electrons. The molecule has 0 saturated heterocycles. The summed E-state index contributed by atoms with van der Waals surface area (Å²) in [6.45, 7) is 2.01. The molecule has 0 fully saturated rings. The van der Waals surface area contributed by atoms with Gasteiger partial charge in [-0.25, -0.2) is 0 Å². The second-order valence-electron chi connectivity index (χ2n) is 5.38. The molecule has 106 valence electrons. The number of benzene rings is 3. The lowest BCUT2D eigenvalue weighted by Gasteiger charge is -2.15. The third-order valence-corrected chi connectivity index (χ3v) is 4.16. The van der Waals surface area contributed by atoms with E-state index in [1.54, 1.807) is 0 Å². The number of aliphatic hydroxyl groups is 1. The third-order valence-electron chi connectivity index (χ3n) is 3.80. The molecule has 3 aromatic carbocycles. The second-order valence-corrected chi connectivity index (χ2v) is 5.79. The Balaban J connectivity index is 1.95. The summed E-state index contributed by atoms with van der Waals surface area (Å²) in [4.78, 5) is 0. The SMILES string of the molecule is Cc1ccc(CC(O)c2cccc3ccccc23)c(Cl)c1. The fourth-order valence-corrected chi connectivity index (χ4v) is 2.99. The topological polar surface area (TPSA) is 20.2 Å². The van der Waals surface area contributed by atoms with Gasteiger partial charge in [-0.15, -0.1) is 0 Å². The van der Waals surface area contributed by atoms with Crippen molar-refractivity contribution < 1.29 is 5.11 Å². The normalized spacial score (nSPS) is 12.5. The number of hydrogen-bond acceptors (Lipinski definition) is 1. The molecule has 21 heavy (non-hydrogen) atoms. The van der Waals surface area contributed by atoms with Crippen LogP contribution in [0.1, 0.15) is 22.8 Å². The zero-order chi connectivity index (χ0) is 14.8. The quantitative estimate of drug-likeness (QED) is 0.715. The summed E-state index contributed by atoms with van der Waals surface area (Å²) in [5.74, 6) is 0. The van der Waals surface area contributed by atoms with Gasteiger partial charge in [-0.2, -0.15) is 0 Å². The minimum absolute atomic E-state index is 0.521. The van der Waals surface area contributed by atoms with E-state index >= 15 is 0 Å². The number of halogens is 1. The zero-order valence-electron chi connectivity index (χ0n) is 11.9. The maximum atomic E-state index is 10.6. The Morgan fingerprint density at radius 3 is 2.57 bits per heavy atom. The lowest BCUT2D eigenvalue weighted by atomic mass is 9.96. The Morgan fingerprint density at radius 2 is 1.76 bits per heavy atom. The largest absolute Gasteiger partial charge is 0.388 e. The summed E-state index contributed by atoms with van der Waals surface area (Å²) in [5.41, 5.74) is 3.05. The molecule has 2 heteroatoms. The molecule has 0 aliphatic carbocycles. The highest BCUT2D eigenvalue weighted by atomic mass is 35.5. The molecular weight excluding hydrogens is 280 g/mol. The van der Waals surface area contributed by atoms with Crippen LogP contribution in [0.4, 0.5) is 0 Å². The minimum atomic E-state index is -0.559. The van der Waals surface area contributed by atoms with E-state index in [-0.39, 0.29) is 0 Å². The smallest absolute Gasteiger partial charge is 0.0836 e. The van der Waals surface area contributed by atoms with E-state index in [2.05, 4.69) is 12.1 Å². The molecule has 0 bridgehead atoms. The average molecular weight is 297 g/mol. The van der Waals surface area contributed by atoms with Crippen molar-refractivity contribution in [1.82, 2.24) is 0 Å². The van der Waals surface area contributed by atoms with Crippen molar-refractivity contribution in [3.8, 4) is 0 Å². The van der Waals surface area contributed by atoms with E-state index in [0.717, 1.165) is 27.5 Å². The van der Waals surface area contributed by atoms with Gasteiger partial charge in [-0.3, -0.25) is 0 Å².